The summed E-state index contributed by atoms with van der Waals surface area (Å²) < 4.78 is 0. The first kappa shape index (κ1) is 12.4. The third kappa shape index (κ3) is 4.75. The number of nitrogens with two attached hydrogens (primary N) is 1. The van der Waals surface area contributed by atoms with E-state index in [0.717, 1.165) is 17.7 Å². The average molecular weight is 237 g/mol. The Bertz CT molecular complexity index is 375. The fourth-order valence-corrected chi connectivity index (χ4v) is 1.40. The van der Waals surface area contributed by atoms with E-state index in [0.29, 0.717) is 6.54 Å². The van der Waals surface area contributed by atoms with E-state index in [2.05, 4.69) is 10.6 Å². The topological polar surface area (TPSA) is 67.2 Å². The summed E-state index contributed by atoms with van der Waals surface area (Å²) in [5.41, 5.74) is 7.37. The smallest absolute Gasteiger partial charge is 0.216 e. The van der Waals surface area contributed by atoms with Crippen LogP contribution in [0, 0.1) is 0 Å². The Morgan fingerprint density at radius 2 is 2.00 bits per heavy atom. The molecule has 0 fully saturated rings. The maximum atomic E-state index is 10.7. The Kier molecular flexibility index (Phi) is 4.72. The quantitative estimate of drug-likeness (QED) is 0.684. The molecule has 5 heteroatoms. The largest absolute Gasteiger partial charge is 0.376 e. The van der Waals surface area contributed by atoms with E-state index in [4.69, 9.17) is 18.0 Å². The molecule has 0 bridgehead atoms. The molecule has 16 heavy (non-hydrogen) atoms. The van der Waals surface area contributed by atoms with E-state index >= 15 is 0 Å². The van der Waals surface area contributed by atoms with Crippen LogP contribution in [0.5, 0.6) is 0 Å². The standard InChI is InChI=1S/C11H15N3OS/c1-8(15)13-7-6-9-2-4-10(5-3-9)14-11(12)16/h2-5H,6-7H2,1H3,(H,13,15)(H3,12,14,16). The minimum absolute atomic E-state index is 0.00762. The van der Waals surface area contributed by atoms with Crippen molar-refractivity contribution in [2.45, 2.75) is 13.3 Å². The van der Waals surface area contributed by atoms with Crippen LogP contribution in [-0.2, 0) is 11.2 Å². The molecule has 0 aliphatic rings. The number of nitrogens with one attached hydrogen (secondary N) is 2. The molecule has 0 saturated heterocycles. The SMILES string of the molecule is CC(=O)NCCc1ccc(NC(N)=S)cc1. The summed E-state index contributed by atoms with van der Waals surface area (Å²) in [4.78, 5) is 10.7. The highest BCUT2D eigenvalue weighted by Crippen LogP contribution is 2.09. The summed E-state index contributed by atoms with van der Waals surface area (Å²) in [6.45, 7) is 2.16. The first-order chi connectivity index (χ1) is 7.58. The maximum Gasteiger partial charge on any atom is 0.216 e. The Hall–Kier alpha value is -1.62. The zero-order valence-corrected chi connectivity index (χ0v) is 9.93. The first-order valence-electron chi connectivity index (χ1n) is 4.98. The van der Waals surface area contributed by atoms with Gasteiger partial charge in [0.25, 0.3) is 0 Å². The molecular formula is C11H15N3OS. The minimum atomic E-state index is -0.00762. The molecule has 0 aromatic heterocycles. The Morgan fingerprint density at radius 1 is 1.38 bits per heavy atom. The lowest BCUT2D eigenvalue weighted by molar-refractivity contribution is -0.118. The average Bonchev–Trinajstić information content (AvgIpc) is 2.19. The number of thiocarbonyl (C=S) groups is 1. The van der Waals surface area contributed by atoms with Gasteiger partial charge in [-0.2, -0.15) is 0 Å². The van der Waals surface area contributed by atoms with Crippen molar-refractivity contribution in [3.8, 4) is 0 Å². The van der Waals surface area contributed by atoms with Gasteiger partial charge in [0, 0.05) is 19.2 Å². The van der Waals surface area contributed by atoms with Gasteiger partial charge in [0.1, 0.15) is 0 Å². The van der Waals surface area contributed by atoms with Crippen molar-refractivity contribution in [1.82, 2.24) is 5.32 Å². The van der Waals surface area contributed by atoms with E-state index in [1.807, 2.05) is 24.3 Å². The fraction of sp³-hybridized carbons (Fsp3) is 0.273. The van der Waals surface area contributed by atoms with Crippen LogP contribution >= 0.6 is 12.2 Å². The van der Waals surface area contributed by atoms with E-state index in [-0.39, 0.29) is 11.0 Å². The molecule has 0 spiro atoms. The number of amides is 1. The van der Waals surface area contributed by atoms with Gasteiger partial charge in [0.2, 0.25) is 5.91 Å². The van der Waals surface area contributed by atoms with Crippen molar-refractivity contribution >= 4 is 28.9 Å². The predicted octanol–water partition coefficient (Wildman–Crippen LogP) is 1.02. The Labute approximate surface area is 100 Å². The monoisotopic (exact) mass is 237 g/mol. The Morgan fingerprint density at radius 3 is 2.50 bits per heavy atom. The molecule has 0 atom stereocenters. The van der Waals surface area contributed by atoms with Crippen molar-refractivity contribution in [2.24, 2.45) is 5.73 Å². The summed E-state index contributed by atoms with van der Waals surface area (Å²) in [5, 5.41) is 5.85. The van der Waals surface area contributed by atoms with Crippen LogP contribution in [0.2, 0.25) is 0 Å². The third-order valence-electron chi connectivity index (χ3n) is 2.01. The summed E-state index contributed by atoms with van der Waals surface area (Å²) in [6.07, 6.45) is 0.812. The van der Waals surface area contributed by atoms with E-state index in [1.165, 1.54) is 6.92 Å². The highest BCUT2D eigenvalue weighted by molar-refractivity contribution is 7.80. The third-order valence-corrected chi connectivity index (χ3v) is 2.11. The normalized spacial score (nSPS) is 9.56. The highest BCUT2D eigenvalue weighted by Gasteiger charge is 1.96. The lowest BCUT2D eigenvalue weighted by Crippen LogP contribution is -2.22. The number of carbonyl (C=O) groups excluding carboxylic acids is 1. The minimum Gasteiger partial charge on any atom is -0.376 e. The number of hydrogen-bond acceptors (Lipinski definition) is 2. The number of anilines is 1. The molecule has 0 aliphatic carbocycles. The van der Waals surface area contributed by atoms with Gasteiger partial charge in [-0.15, -0.1) is 0 Å². The van der Waals surface area contributed by atoms with Gasteiger partial charge in [-0.05, 0) is 36.3 Å². The number of hydrogen-bond donors (Lipinski definition) is 3. The molecule has 0 radical (unpaired) electrons. The molecule has 0 heterocycles. The molecular weight excluding hydrogens is 222 g/mol. The summed E-state index contributed by atoms with van der Waals surface area (Å²) >= 11 is 4.73. The summed E-state index contributed by atoms with van der Waals surface area (Å²) in [5.74, 6) is -0.00762. The number of carbonyl (C=O) groups is 1. The van der Waals surface area contributed by atoms with Gasteiger partial charge in [-0.1, -0.05) is 12.1 Å². The van der Waals surface area contributed by atoms with Crippen LogP contribution in [0.25, 0.3) is 0 Å². The number of benzene rings is 1. The van der Waals surface area contributed by atoms with Crippen molar-refractivity contribution in [1.29, 1.82) is 0 Å². The van der Waals surface area contributed by atoms with Gasteiger partial charge < -0.3 is 16.4 Å². The zero-order valence-electron chi connectivity index (χ0n) is 9.12. The molecule has 1 amide bonds. The molecule has 4 N–H and O–H groups in total. The predicted molar refractivity (Wildman–Crippen MR) is 69.2 cm³/mol. The second kappa shape index (κ2) is 6.07. The van der Waals surface area contributed by atoms with Gasteiger partial charge >= 0.3 is 0 Å². The van der Waals surface area contributed by atoms with Crippen molar-refractivity contribution in [3.63, 3.8) is 0 Å². The lowest BCUT2D eigenvalue weighted by atomic mass is 10.1. The molecule has 1 aromatic rings. The van der Waals surface area contributed by atoms with E-state index < -0.39 is 0 Å². The Balaban J connectivity index is 2.45. The van der Waals surface area contributed by atoms with Crippen molar-refractivity contribution in [2.75, 3.05) is 11.9 Å². The summed E-state index contributed by atoms with van der Waals surface area (Å²) in [6, 6.07) is 7.76. The van der Waals surface area contributed by atoms with Gasteiger partial charge in [0.15, 0.2) is 5.11 Å². The molecule has 0 unspecified atom stereocenters. The second-order valence-electron chi connectivity index (χ2n) is 3.42. The molecule has 4 nitrogen and oxygen atoms in total. The van der Waals surface area contributed by atoms with E-state index in [9.17, 15) is 4.79 Å². The summed E-state index contributed by atoms with van der Waals surface area (Å²) in [7, 11) is 0. The lowest BCUT2D eigenvalue weighted by Gasteiger charge is -2.06. The second-order valence-corrected chi connectivity index (χ2v) is 3.86. The van der Waals surface area contributed by atoms with Gasteiger partial charge in [-0.3, -0.25) is 4.79 Å². The van der Waals surface area contributed by atoms with Crippen LogP contribution in [0.15, 0.2) is 24.3 Å². The zero-order chi connectivity index (χ0) is 12.0. The van der Waals surface area contributed by atoms with Crippen molar-refractivity contribution < 1.29 is 4.79 Å². The van der Waals surface area contributed by atoms with Crippen LogP contribution < -0.4 is 16.4 Å². The maximum absolute atomic E-state index is 10.7. The van der Waals surface area contributed by atoms with Crippen LogP contribution in [0.1, 0.15) is 12.5 Å². The molecule has 0 aliphatic heterocycles. The van der Waals surface area contributed by atoms with Crippen LogP contribution in [-0.4, -0.2) is 17.6 Å². The first-order valence-corrected chi connectivity index (χ1v) is 5.38. The van der Waals surface area contributed by atoms with Gasteiger partial charge in [-0.25, -0.2) is 0 Å². The highest BCUT2D eigenvalue weighted by atomic mass is 32.1. The van der Waals surface area contributed by atoms with Gasteiger partial charge in [0.05, 0.1) is 0 Å². The number of rotatable bonds is 4. The van der Waals surface area contributed by atoms with Crippen molar-refractivity contribution in [3.05, 3.63) is 29.8 Å². The van der Waals surface area contributed by atoms with Crippen LogP contribution in [0.3, 0.4) is 0 Å². The van der Waals surface area contributed by atoms with E-state index in [1.54, 1.807) is 0 Å². The van der Waals surface area contributed by atoms with Crippen LogP contribution in [0.4, 0.5) is 5.69 Å². The molecule has 1 rings (SSSR count). The molecule has 0 saturated carbocycles. The fourth-order valence-electron chi connectivity index (χ4n) is 1.28. The molecule has 86 valence electrons. The molecule has 1 aromatic carbocycles.